The zero-order valence-electron chi connectivity index (χ0n) is 19.4. The van der Waals surface area contributed by atoms with E-state index in [9.17, 15) is 18.4 Å². The number of nitrogens with zero attached hydrogens (tertiary/aromatic N) is 2. The SMILES string of the molecule is COc1cc(OC)c2oc(COC(=O)Nc3ccn(C4OC(COPOO)CC4(F)F)c(=O)n3)cc2c1. The number of hydrogen-bond donors (Lipinski definition) is 2. The smallest absolute Gasteiger partial charge is 0.413 e. The quantitative estimate of drug-likeness (QED) is 0.166. The number of hydrogen-bond acceptors (Lipinski definition) is 11. The summed E-state index contributed by atoms with van der Waals surface area (Å²) in [6.07, 6.45) is -3.62. The first-order valence-corrected chi connectivity index (χ1v) is 11.4. The maximum atomic E-state index is 14.4. The Labute approximate surface area is 209 Å². The van der Waals surface area contributed by atoms with E-state index < -0.39 is 45.5 Å². The van der Waals surface area contributed by atoms with Gasteiger partial charge in [-0.25, -0.2) is 23.6 Å². The number of furan rings is 1. The van der Waals surface area contributed by atoms with Crippen molar-refractivity contribution in [1.29, 1.82) is 0 Å². The standard InChI is InChI=1S/C21H22F2N3O10P/c1-30-12-5-11-6-13(34-17(11)15(7-12)31-2)9-32-20(28)25-16-3-4-26(19(27)24-16)18-21(22,23)8-14(35-18)10-33-37-36-29/h3-7,14,18,29,37H,8-10H2,1-2H3,(H,24,25,27,28). The summed E-state index contributed by atoms with van der Waals surface area (Å²) in [4.78, 5) is 28.2. The van der Waals surface area contributed by atoms with Gasteiger partial charge in [-0.05, 0) is 18.2 Å². The van der Waals surface area contributed by atoms with Crippen LogP contribution in [0.1, 0.15) is 18.4 Å². The van der Waals surface area contributed by atoms with E-state index in [2.05, 4.69) is 15.0 Å². The molecule has 1 saturated heterocycles. The third-order valence-electron chi connectivity index (χ3n) is 5.27. The van der Waals surface area contributed by atoms with Gasteiger partial charge in [-0.1, -0.05) is 0 Å². The number of amides is 1. The molecular formula is C21H22F2N3O10P. The predicted octanol–water partition coefficient (Wildman–Crippen LogP) is 3.69. The third kappa shape index (κ3) is 6.14. The van der Waals surface area contributed by atoms with Crippen LogP contribution in [0.5, 0.6) is 11.5 Å². The molecule has 37 heavy (non-hydrogen) atoms. The zero-order valence-corrected chi connectivity index (χ0v) is 20.4. The molecule has 2 aromatic heterocycles. The number of rotatable bonds is 10. The number of halogens is 2. The number of alkyl halides is 2. The molecule has 1 aliphatic heterocycles. The second-order valence-electron chi connectivity index (χ2n) is 7.73. The van der Waals surface area contributed by atoms with Gasteiger partial charge in [0.05, 0.1) is 26.9 Å². The van der Waals surface area contributed by atoms with Gasteiger partial charge in [0.25, 0.3) is 5.92 Å². The summed E-state index contributed by atoms with van der Waals surface area (Å²) in [7, 11) is 2.23. The summed E-state index contributed by atoms with van der Waals surface area (Å²) in [6, 6.07) is 6.15. The van der Waals surface area contributed by atoms with Gasteiger partial charge in [0.2, 0.25) is 6.23 Å². The molecular weight excluding hydrogens is 523 g/mol. The van der Waals surface area contributed by atoms with Crippen molar-refractivity contribution >= 4 is 31.9 Å². The van der Waals surface area contributed by atoms with Gasteiger partial charge in [-0.3, -0.25) is 9.88 Å². The van der Waals surface area contributed by atoms with Crippen molar-refractivity contribution < 1.29 is 51.4 Å². The van der Waals surface area contributed by atoms with Crippen molar-refractivity contribution in [1.82, 2.24) is 9.55 Å². The molecule has 0 radical (unpaired) electrons. The summed E-state index contributed by atoms with van der Waals surface area (Å²) in [5, 5.41) is 11.2. The lowest BCUT2D eigenvalue weighted by Crippen LogP contribution is -2.35. The number of nitrogens with one attached hydrogen (secondary N) is 1. The number of fused-ring (bicyclic) bond motifs is 1. The lowest BCUT2D eigenvalue weighted by molar-refractivity contribution is -0.137. The van der Waals surface area contributed by atoms with E-state index in [1.54, 1.807) is 18.2 Å². The Hall–Kier alpha value is -3.36. The molecule has 16 heteroatoms. The Bertz CT molecular complexity index is 1320. The van der Waals surface area contributed by atoms with Gasteiger partial charge in [-0.2, -0.15) is 9.66 Å². The fourth-order valence-corrected chi connectivity index (χ4v) is 3.99. The maximum absolute atomic E-state index is 14.4. The number of benzene rings is 1. The Balaban J connectivity index is 1.37. The first-order valence-electron chi connectivity index (χ1n) is 10.6. The van der Waals surface area contributed by atoms with Gasteiger partial charge < -0.3 is 27.9 Å². The fraction of sp³-hybridized carbons (Fsp3) is 0.381. The van der Waals surface area contributed by atoms with E-state index in [1.165, 1.54) is 14.2 Å². The van der Waals surface area contributed by atoms with Gasteiger partial charge in [-0.15, -0.1) is 0 Å². The fourth-order valence-electron chi connectivity index (χ4n) is 3.68. The minimum Gasteiger partial charge on any atom is -0.497 e. The minimum absolute atomic E-state index is 0.218. The number of aromatic nitrogens is 2. The summed E-state index contributed by atoms with van der Waals surface area (Å²) in [5.41, 5.74) is -0.641. The lowest BCUT2D eigenvalue weighted by atomic mass is 10.2. The van der Waals surface area contributed by atoms with Crippen molar-refractivity contribution in [3.63, 3.8) is 0 Å². The van der Waals surface area contributed by atoms with Crippen LogP contribution in [0.2, 0.25) is 0 Å². The monoisotopic (exact) mass is 545 g/mol. The molecule has 1 aliphatic rings. The molecule has 3 heterocycles. The molecule has 1 fully saturated rings. The molecule has 0 aliphatic carbocycles. The van der Waals surface area contributed by atoms with E-state index in [0.29, 0.717) is 32.8 Å². The predicted molar refractivity (Wildman–Crippen MR) is 123 cm³/mol. The average Bonchev–Trinajstić information content (AvgIpc) is 3.41. The van der Waals surface area contributed by atoms with Crippen LogP contribution >= 0.6 is 9.03 Å². The summed E-state index contributed by atoms with van der Waals surface area (Å²) in [5.74, 6) is -2.31. The largest absolute Gasteiger partial charge is 0.497 e. The Morgan fingerprint density at radius 1 is 1.32 bits per heavy atom. The number of ether oxygens (including phenoxy) is 4. The summed E-state index contributed by atoms with van der Waals surface area (Å²) in [6.45, 7) is -0.527. The van der Waals surface area contributed by atoms with Crippen molar-refractivity contribution in [2.24, 2.45) is 0 Å². The number of carbonyl (C=O) groups is 1. The van der Waals surface area contributed by atoms with E-state index >= 15 is 0 Å². The van der Waals surface area contributed by atoms with Crippen LogP contribution in [0.25, 0.3) is 11.0 Å². The van der Waals surface area contributed by atoms with Crippen LogP contribution in [0, 0.1) is 0 Å². The van der Waals surface area contributed by atoms with E-state index in [4.69, 9.17) is 33.1 Å². The Morgan fingerprint density at radius 2 is 2.14 bits per heavy atom. The normalized spacial score (nSPS) is 18.9. The van der Waals surface area contributed by atoms with Crippen LogP contribution in [-0.4, -0.2) is 53.8 Å². The zero-order chi connectivity index (χ0) is 26.6. The lowest BCUT2D eigenvalue weighted by Gasteiger charge is -2.19. The van der Waals surface area contributed by atoms with E-state index in [1.807, 2.05) is 0 Å². The molecule has 2 N–H and O–H groups in total. The maximum Gasteiger partial charge on any atom is 0.413 e. The molecule has 3 atom stereocenters. The van der Waals surface area contributed by atoms with E-state index in [0.717, 1.165) is 12.3 Å². The van der Waals surface area contributed by atoms with Gasteiger partial charge in [0, 0.05) is 24.1 Å². The first-order chi connectivity index (χ1) is 17.7. The first kappa shape index (κ1) is 26.7. The minimum atomic E-state index is -3.39. The van der Waals surface area contributed by atoms with Crippen molar-refractivity contribution in [3.05, 3.63) is 46.7 Å². The highest BCUT2D eigenvalue weighted by Crippen LogP contribution is 2.42. The highest BCUT2D eigenvalue weighted by molar-refractivity contribution is 7.26. The molecule has 0 saturated carbocycles. The Kier molecular flexibility index (Phi) is 8.19. The molecule has 4 rings (SSSR count). The molecule has 200 valence electrons. The molecule has 1 amide bonds. The molecule has 1 aromatic carbocycles. The molecule has 13 nitrogen and oxygen atoms in total. The molecule has 3 unspecified atom stereocenters. The van der Waals surface area contributed by atoms with Crippen LogP contribution < -0.4 is 20.5 Å². The summed E-state index contributed by atoms with van der Waals surface area (Å²) < 4.78 is 64.5. The van der Waals surface area contributed by atoms with Crippen LogP contribution in [0.4, 0.5) is 19.4 Å². The second-order valence-corrected chi connectivity index (χ2v) is 8.36. The number of anilines is 1. The van der Waals surface area contributed by atoms with Gasteiger partial charge >= 0.3 is 11.8 Å². The molecule has 0 spiro atoms. The van der Waals surface area contributed by atoms with Crippen LogP contribution in [0.15, 0.2) is 39.7 Å². The Morgan fingerprint density at radius 3 is 2.84 bits per heavy atom. The number of methoxy groups -OCH3 is 2. The summed E-state index contributed by atoms with van der Waals surface area (Å²) >= 11 is 0. The van der Waals surface area contributed by atoms with Crippen molar-refractivity contribution in [2.75, 3.05) is 26.1 Å². The average molecular weight is 545 g/mol. The van der Waals surface area contributed by atoms with Crippen molar-refractivity contribution in [2.45, 2.75) is 31.3 Å². The topological polar surface area (TPSA) is 153 Å². The number of carbonyl (C=O) groups excluding carboxylic acids is 1. The van der Waals surface area contributed by atoms with E-state index in [-0.39, 0.29) is 19.0 Å². The second kappa shape index (κ2) is 11.4. The highest BCUT2D eigenvalue weighted by Gasteiger charge is 2.51. The molecule has 0 bridgehead atoms. The highest BCUT2D eigenvalue weighted by atomic mass is 31.1. The van der Waals surface area contributed by atoms with Gasteiger partial charge in [0.1, 0.15) is 17.3 Å². The van der Waals surface area contributed by atoms with Gasteiger partial charge in [0.15, 0.2) is 27.0 Å². The van der Waals surface area contributed by atoms with Crippen LogP contribution in [0.3, 0.4) is 0 Å². The van der Waals surface area contributed by atoms with Crippen LogP contribution in [-0.2, 0) is 25.3 Å². The molecule has 3 aromatic rings. The van der Waals surface area contributed by atoms with Crippen molar-refractivity contribution in [3.8, 4) is 11.5 Å². The third-order valence-corrected chi connectivity index (χ3v) is 5.63.